The summed E-state index contributed by atoms with van der Waals surface area (Å²) in [7, 11) is 0. The maximum Gasteiger partial charge on any atom is 0.261 e. The van der Waals surface area contributed by atoms with Gasteiger partial charge < -0.3 is 15.0 Å². The summed E-state index contributed by atoms with van der Waals surface area (Å²) < 4.78 is 19.3. The van der Waals surface area contributed by atoms with Crippen molar-refractivity contribution in [2.45, 2.75) is 44.7 Å². The Kier molecular flexibility index (Phi) is 9.93. The number of ether oxygens (including phenoxy) is 1. The smallest absolute Gasteiger partial charge is 0.261 e. The third-order valence-electron chi connectivity index (χ3n) is 6.58. The van der Waals surface area contributed by atoms with Gasteiger partial charge in [-0.15, -0.1) is 0 Å². The minimum absolute atomic E-state index is 0.100. The SMILES string of the molecule is O=C(NCCC1=CCCCC1)C(c1ccccc1)N(Cc1ccc(F)cc1)C(=O)COc1ccccc1Cl. The van der Waals surface area contributed by atoms with E-state index in [1.54, 1.807) is 36.4 Å². The highest BCUT2D eigenvalue weighted by atomic mass is 35.5. The summed E-state index contributed by atoms with van der Waals surface area (Å²) in [5.74, 6) is -0.664. The first kappa shape index (κ1) is 27.4. The molecule has 5 nitrogen and oxygen atoms in total. The molecule has 0 spiro atoms. The molecule has 0 heterocycles. The van der Waals surface area contributed by atoms with Crippen LogP contribution in [0.1, 0.15) is 49.3 Å². The summed E-state index contributed by atoms with van der Waals surface area (Å²) in [5, 5.41) is 3.43. The van der Waals surface area contributed by atoms with Gasteiger partial charge in [0.25, 0.3) is 5.91 Å². The molecule has 2 amide bonds. The first-order valence-electron chi connectivity index (χ1n) is 12.9. The molecule has 0 saturated carbocycles. The van der Waals surface area contributed by atoms with Crippen molar-refractivity contribution in [3.8, 4) is 5.75 Å². The number of rotatable bonds is 11. The van der Waals surface area contributed by atoms with Crippen LogP contribution in [0.4, 0.5) is 4.39 Å². The van der Waals surface area contributed by atoms with Gasteiger partial charge in [0.15, 0.2) is 6.61 Å². The molecule has 3 aromatic rings. The summed E-state index contributed by atoms with van der Waals surface area (Å²) in [6.45, 7) is 0.278. The molecule has 38 heavy (non-hydrogen) atoms. The number of carbonyl (C=O) groups excluding carboxylic acids is 2. The molecule has 0 fully saturated rings. The monoisotopic (exact) mass is 534 g/mol. The Balaban J connectivity index is 1.58. The van der Waals surface area contributed by atoms with Gasteiger partial charge in [-0.05, 0) is 67.5 Å². The Morgan fingerprint density at radius 2 is 1.71 bits per heavy atom. The first-order chi connectivity index (χ1) is 18.5. The molecule has 1 atom stereocenters. The fourth-order valence-corrected chi connectivity index (χ4v) is 4.77. The normalized spacial score (nSPS) is 13.8. The number of para-hydroxylation sites is 1. The lowest BCUT2D eigenvalue weighted by atomic mass is 9.97. The van der Waals surface area contributed by atoms with E-state index in [4.69, 9.17) is 16.3 Å². The maximum absolute atomic E-state index is 13.7. The van der Waals surface area contributed by atoms with Gasteiger partial charge in [-0.2, -0.15) is 0 Å². The Labute approximate surface area is 228 Å². The van der Waals surface area contributed by atoms with Gasteiger partial charge in [-0.1, -0.05) is 77.8 Å². The fraction of sp³-hybridized carbons (Fsp3) is 0.290. The van der Waals surface area contributed by atoms with Crippen molar-refractivity contribution >= 4 is 23.4 Å². The lowest BCUT2D eigenvalue weighted by Gasteiger charge is -2.31. The van der Waals surface area contributed by atoms with Crippen LogP contribution in [0, 0.1) is 5.82 Å². The number of halogens is 2. The van der Waals surface area contributed by atoms with Crippen molar-refractivity contribution in [3.63, 3.8) is 0 Å². The van der Waals surface area contributed by atoms with Crippen LogP contribution >= 0.6 is 11.6 Å². The molecule has 1 unspecified atom stereocenters. The van der Waals surface area contributed by atoms with Crippen molar-refractivity contribution in [1.29, 1.82) is 0 Å². The molecule has 3 aromatic carbocycles. The van der Waals surface area contributed by atoms with Crippen molar-refractivity contribution in [1.82, 2.24) is 10.2 Å². The van der Waals surface area contributed by atoms with Crippen LogP contribution in [0.5, 0.6) is 5.75 Å². The van der Waals surface area contributed by atoms with Crippen LogP contribution in [0.15, 0.2) is 90.5 Å². The second-order valence-corrected chi connectivity index (χ2v) is 9.74. The molecular formula is C31H32ClFN2O3. The van der Waals surface area contributed by atoms with Crippen molar-refractivity contribution in [2.75, 3.05) is 13.2 Å². The van der Waals surface area contributed by atoms with Crippen LogP contribution in [0.3, 0.4) is 0 Å². The van der Waals surface area contributed by atoms with E-state index in [0.717, 1.165) is 19.3 Å². The number of hydrogen-bond acceptors (Lipinski definition) is 3. The van der Waals surface area contributed by atoms with E-state index in [2.05, 4.69) is 11.4 Å². The van der Waals surface area contributed by atoms with E-state index < -0.39 is 11.9 Å². The van der Waals surface area contributed by atoms with Gasteiger partial charge >= 0.3 is 0 Å². The molecule has 1 aliphatic carbocycles. The second-order valence-electron chi connectivity index (χ2n) is 9.33. The van der Waals surface area contributed by atoms with Crippen molar-refractivity contribution in [2.24, 2.45) is 0 Å². The third kappa shape index (κ3) is 7.68. The van der Waals surface area contributed by atoms with Gasteiger partial charge in [-0.3, -0.25) is 9.59 Å². The van der Waals surface area contributed by atoms with E-state index in [1.807, 2.05) is 30.3 Å². The zero-order valence-electron chi connectivity index (χ0n) is 21.2. The van der Waals surface area contributed by atoms with Crippen molar-refractivity contribution < 1.29 is 18.7 Å². The largest absolute Gasteiger partial charge is 0.482 e. The van der Waals surface area contributed by atoms with E-state index in [0.29, 0.717) is 28.4 Å². The lowest BCUT2D eigenvalue weighted by Crippen LogP contribution is -2.45. The highest BCUT2D eigenvalue weighted by molar-refractivity contribution is 6.32. The average molecular weight is 535 g/mol. The number of hydrogen-bond donors (Lipinski definition) is 1. The Hall–Kier alpha value is -3.64. The number of allylic oxidation sites excluding steroid dienone is 1. The fourth-order valence-electron chi connectivity index (χ4n) is 4.58. The van der Waals surface area contributed by atoms with Gasteiger partial charge in [0.05, 0.1) is 5.02 Å². The highest BCUT2D eigenvalue weighted by Crippen LogP contribution is 2.27. The van der Waals surface area contributed by atoms with Gasteiger partial charge in [0.1, 0.15) is 17.6 Å². The molecule has 4 rings (SSSR count). The van der Waals surface area contributed by atoms with E-state index in [9.17, 15) is 14.0 Å². The van der Waals surface area contributed by atoms with E-state index in [1.165, 1.54) is 35.4 Å². The number of nitrogens with one attached hydrogen (secondary N) is 1. The highest BCUT2D eigenvalue weighted by Gasteiger charge is 2.32. The van der Waals surface area contributed by atoms with Crippen molar-refractivity contribution in [3.05, 3.63) is 112 Å². The molecule has 0 saturated heterocycles. The Bertz CT molecular complexity index is 1250. The lowest BCUT2D eigenvalue weighted by molar-refractivity contribution is -0.143. The quantitative estimate of drug-likeness (QED) is 0.281. The van der Waals surface area contributed by atoms with Gasteiger partial charge in [0.2, 0.25) is 5.91 Å². The van der Waals surface area contributed by atoms with Crippen LogP contribution in [-0.4, -0.2) is 29.9 Å². The minimum Gasteiger partial charge on any atom is -0.482 e. The predicted molar refractivity (Wildman–Crippen MR) is 147 cm³/mol. The topological polar surface area (TPSA) is 58.6 Å². The summed E-state index contributed by atoms with van der Waals surface area (Å²) in [4.78, 5) is 28.8. The maximum atomic E-state index is 13.7. The van der Waals surface area contributed by atoms with Crippen LogP contribution in [0.2, 0.25) is 5.02 Å². The Morgan fingerprint density at radius 3 is 2.42 bits per heavy atom. The molecule has 0 aromatic heterocycles. The van der Waals surface area contributed by atoms with Gasteiger partial charge in [0, 0.05) is 13.1 Å². The molecule has 1 aliphatic rings. The molecule has 0 bridgehead atoms. The third-order valence-corrected chi connectivity index (χ3v) is 6.89. The van der Waals surface area contributed by atoms with Gasteiger partial charge in [-0.25, -0.2) is 4.39 Å². The van der Waals surface area contributed by atoms with Crippen LogP contribution in [0.25, 0.3) is 0 Å². The Morgan fingerprint density at radius 1 is 0.974 bits per heavy atom. The second kappa shape index (κ2) is 13.8. The van der Waals surface area contributed by atoms with E-state index in [-0.39, 0.29) is 24.9 Å². The molecular weight excluding hydrogens is 503 g/mol. The average Bonchev–Trinajstić information content (AvgIpc) is 2.94. The number of benzene rings is 3. The molecule has 1 N–H and O–H groups in total. The predicted octanol–water partition coefficient (Wildman–Crippen LogP) is 6.63. The number of amides is 2. The number of nitrogens with zero attached hydrogens (tertiary/aromatic N) is 1. The standard InChI is InChI=1S/C31H32ClFN2O3/c32-27-13-7-8-14-28(27)38-22-29(36)35(21-24-15-17-26(33)18-16-24)30(25-11-5-2-6-12-25)31(37)34-20-19-23-9-3-1-4-10-23/h2,5-9,11-18,30H,1,3-4,10,19-22H2,(H,34,37). The number of carbonyl (C=O) groups is 2. The summed E-state index contributed by atoms with van der Waals surface area (Å²) in [5.41, 5.74) is 2.73. The summed E-state index contributed by atoms with van der Waals surface area (Å²) >= 11 is 6.21. The van der Waals surface area contributed by atoms with Crippen LogP contribution < -0.4 is 10.1 Å². The molecule has 7 heteroatoms. The first-order valence-corrected chi connectivity index (χ1v) is 13.3. The van der Waals surface area contributed by atoms with Crippen LogP contribution in [-0.2, 0) is 16.1 Å². The van der Waals surface area contributed by atoms with E-state index >= 15 is 0 Å². The summed E-state index contributed by atoms with van der Waals surface area (Å²) in [6.07, 6.45) is 7.59. The zero-order chi connectivity index (χ0) is 26.7. The molecule has 0 aliphatic heterocycles. The molecule has 198 valence electrons. The minimum atomic E-state index is -0.899. The zero-order valence-corrected chi connectivity index (χ0v) is 22.0. The molecule has 0 radical (unpaired) electrons. The summed E-state index contributed by atoms with van der Waals surface area (Å²) in [6, 6.07) is 21.1.